The average molecular weight is 352 g/mol. The Hall–Kier alpha value is -2.67. The van der Waals surface area contributed by atoms with Crippen molar-refractivity contribution >= 4 is 16.9 Å². The Morgan fingerprint density at radius 1 is 1.15 bits per heavy atom. The standard InChI is InChI=1S/C19H24N6O/c1-2-18-20-5-6-24(18)10-7-23-8-11-25(12-9-23)19(26)15-3-4-16-17(13-15)22-14-21-16/h3-6,13-14H,2,7-12H2,1H3,(H,21,22). The highest BCUT2D eigenvalue weighted by atomic mass is 16.2. The van der Waals surface area contributed by atoms with E-state index in [1.165, 1.54) is 0 Å². The third kappa shape index (κ3) is 3.35. The van der Waals surface area contributed by atoms with Gasteiger partial charge in [0, 0.05) is 63.6 Å². The van der Waals surface area contributed by atoms with E-state index in [1.54, 1.807) is 6.33 Å². The first-order valence-electron chi connectivity index (χ1n) is 9.19. The van der Waals surface area contributed by atoms with Gasteiger partial charge in [0.25, 0.3) is 5.91 Å². The zero-order valence-corrected chi connectivity index (χ0v) is 15.1. The van der Waals surface area contributed by atoms with E-state index in [0.717, 1.165) is 68.1 Å². The van der Waals surface area contributed by atoms with Crippen LogP contribution in [0.1, 0.15) is 23.1 Å². The van der Waals surface area contributed by atoms with E-state index in [9.17, 15) is 4.79 Å². The predicted octanol–water partition coefficient (Wildman–Crippen LogP) is 1.78. The molecular formula is C19H24N6O. The Morgan fingerprint density at radius 3 is 2.81 bits per heavy atom. The van der Waals surface area contributed by atoms with Gasteiger partial charge in [-0.3, -0.25) is 9.69 Å². The van der Waals surface area contributed by atoms with Gasteiger partial charge in [-0.05, 0) is 18.2 Å². The van der Waals surface area contributed by atoms with Gasteiger partial charge in [0.05, 0.1) is 17.4 Å². The number of rotatable bonds is 5. The molecule has 7 heteroatoms. The van der Waals surface area contributed by atoms with Crippen LogP contribution in [-0.2, 0) is 13.0 Å². The smallest absolute Gasteiger partial charge is 0.254 e. The number of aromatic amines is 1. The highest BCUT2D eigenvalue weighted by Crippen LogP contribution is 2.15. The maximum atomic E-state index is 12.8. The largest absolute Gasteiger partial charge is 0.345 e. The second kappa shape index (κ2) is 7.29. The second-order valence-electron chi connectivity index (χ2n) is 6.66. The third-order valence-corrected chi connectivity index (χ3v) is 5.10. The number of hydrogen-bond acceptors (Lipinski definition) is 4. The molecule has 0 bridgehead atoms. The monoisotopic (exact) mass is 352 g/mol. The molecule has 0 saturated carbocycles. The summed E-state index contributed by atoms with van der Waals surface area (Å²) in [6.45, 7) is 7.43. The molecule has 0 unspecified atom stereocenters. The Balaban J connectivity index is 1.32. The Morgan fingerprint density at radius 2 is 2.00 bits per heavy atom. The van der Waals surface area contributed by atoms with Crippen LogP contribution >= 0.6 is 0 Å². The molecule has 26 heavy (non-hydrogen) atoms. The molecule has 3 aromatic rings. The van der Waals surface area contributed by atoms with Gasteiger partial charge >= 0.3 is 0 Å². The molecule has 0 atom stereocenters. The Kier molecular flexibility index (Phi) is 4.71. The molecule has 0 spiro atoms. The van der Waals surface area contributed by atoms with E-state index < -0.39 is 0 Å². The number of carbonyl (C=O) groups is 1. The SMILES string of the molecule is CCc1nccn1CCN1CCN(C(=O)c2ccc3nc[nH]c3c2)CC1. The summed E-state index contributed by atoms with van der Waals surface area (Å²) in [6, 6.07) is 5.65. The van der Waals surface area contributed by atoms with Crippen molar-refractivity contribution in [2.24, 2.45) is 0 Å². The molecule has 1 aromatic carbocycles. The number of hydrogen-bond donors (Lipinski definition) is 1. The zero-order chi connectivity index (χ0) is 17.9. The summed E-state index contributed by atoms with van der Waals surface area (Å²) in [5.74, 6) is 1.23. The van der Waals surface area contributed by atoms with Gasteiger partial charge < -0.3 is 14.5 Å². The van der Waals surface area contributed by atoms with Crippen molar-refractivity contribution < 1.29 is 4.79 Å². The van der Waals surface area contributed by atoms with Crippen LogP contribution in [0.3, 0.4) is 0 Å². The molecule has 1 amide bonds. The van der Waals surface area contributed by atoms with E-state index in [-0.39, 0.29) is 5.91 Å². The Labute approximate surface area is 152 Å². The molecule has 3 heterocycles. The minimum Gasteiger partial charge on any atom is -0.345 e. The predicted molar refractivity (Wildman–Crippen MR) is 100 cm³/mol. The molecule has 1 fully saturated rings. The lowest BCUT2D eigenvalue weighted by Gasteiger charge is -2.34. The number of amides is 1. The van der Waals surface area contributed by atoms with Crippen LogP contribution in [0.25, 0.3) is 11.0 Å². The van der Waals surface area contributed by atoms with Gasteiger partial charge in [0.2, 0.25) is 0 Å². The van der Waals surface area contributed by atoms with Crippen molar-refractivity contribution in [3.05, 3.63) is 48.3 Å². The summed E-state index contributed by atoms with van der Waals surface area (Å²) in [5, 5.41) is 0. The quantitative estimate of drug-likeness (QED) is 0.760. The topological polar surface area (TPSA) is 70.1 Å². The van der Waals surface area contributed by atoms with Crippen LogP contribution in [0.2, 0.25) is 0 Å². The first kappa shape index (κ1) is 16.8. The van der Waals surface area contributed by atoms with Crippen LogP contribution in [0.4, 0.5) is 0 Å². The number of H-pyrrole nitrogens is 1. The molecular weight excluding hydrogens is 328 g/mol. The molecule has 0 aliphatic carbocycles. The third-order valence-electron chi connectivity index (χ3n) is 5.10. The first-order valence-corrected chi connectivity index (χ1v) is 9.19. The number of carbonyl (C=O) groups excluding carboxylic acids is 1. The lowest BCUT2D eigenvalue weighted by Crippen LogP contribution is -2.49. The van der Waals surface area contributed by atoms with E-state index in [1.807, 2.05) is 35.5 Å². The van der Waals surface area contributed by atoms with Crippen molar-refractivity contribution in [3.8, 4) is 0 Å². The van der Waals surface area contributed by atoms with Gasteiger partial charge in [0.1, 0.15) is 5.82 Å². The van der Waals surface area contributed by atoms with E-state index in [0.29, 0.717) is 0 Å². The van der Waals surface area contributed by atoms with E-state index in [2.05, 4.69) is 31.3 Å². The minimum atomic E-state index is 0.101. The van der Waals surface area contributed by atoms with Crippen molar-refractivity contribution in [1.29, 1.82) is 0 Å². The van der Waals surface area contributed by atoms with Crippen LogP contribution in [0.5, 0.6) is 0 Å². The highest BCUT2D eigenvalue weighted by Gasteiger charge is 2.22. The van der Waals surface area contributed by atoms with Crippen molar-refractivity contribution in [2.75, 3.05) is 32.7 Å². The van der Waals surface area contributed by atoms with Gasteiger partial charge in [-0.1, -0.05) is 6.92 Å². The summed E-state index contributed by atoms with van der Waals surface area (Å²) in [5.41, 5.74) is 2.51. The summed E-state index contributed by atoms with van der Waals surface area (Å²) >= 11 is 0. The summed E-state index contributed by atoms with van der Waals surface area (Å²) < 4.78 is 2.22. The van der Waals surface area contributed by atoms with Crippen LogP contribution in [0, 0.1) is 0 Å². The number of imidazole rings is 2. The molecule has 1 saturated heterocycles. The fourth-order valence-electron chi connectivity index (χ4n) is 3.53. The fourth-order valence-corrected chi connectivity index (χ4v) is 3.53. The first-order chi connectivity index (χ1) is 12.7. The number of nitrogens with one attached hydrogen (secondary N) is 1. The number of benzene rings is 1. The van der Waals surface area contributed by atoms with Gasteiger partial charge in [0.15, 0.2) is 0 Å². The lowest BCUT2D eigenvalue weighted by atomic mass is 10.1. The van der Waals surface area contributed by atoms with E-state index in [4.69, 9.17) is 0 Å². The molecule has 1 aliphatic rings. The van der Waals surface area contributed by atoms with E-state index >= 15 is 0 Å². The molecule has 7 nitrogen and oxygen atoms in total. The van der Waals surface area contributed by atoms with Crippen LogP contribution in [-0.4, -0.2) is 67.9 Å². The number of piperazine rings is 1. The van der Waals surface area contributed by atoms with Crippen LogP contribution < -0.4 is 0 Å². The molecule has 1 N–H and O–H groups in total. The fraction of sp³-hybridized carbons (Fsp3) is 0.421. The summed E-state index contributed by atoms with van der Waals surface area (Å²) in [7, 11) is 0. The molecule has 0 radical (unpaired) electrons. The van der Waals surface area contributed by atoms with Crippen LogP contribution in [0.15, 0.2) is 36.9 Å². The number of aryl methyl sites for hydroxylation is 1. The molecule has 136 valence electrons. The van der Waals surface area contributed by atoms with Crippen molar-refractivity contribution in [3.63, 3.8) is 0 Å². The van der Waals surface area contributed by atoms with Crippen molar-refractivity contribution in [1.82, 2.24) is 29.3 Å². The maximum absolute atomic E-state index is 12.8. The van der Waals surface area contributed by atoms with Gasteiger partial charge in [-0.15, -0.1) is 0 Å². The molecule has 2 aromatic heterocycles. The minimum absolute atomic E-state index is 0.101. The lowest BCUT2D eigenvalue weighted by molar-refractivity contribution is 0.0633. The summed E-state index contributed by atoms with van der Waals surface area (Å²) in [6.07, 6.45) is 6.52. The number of fused-ring (bicyclic) bond motifs is 1. The zero-order valence-electron chi connectivity index (χ0n) is 15.1. The molecule has 1 aliphatic heterocycles. The number of nitrogens with zero attached hydrogens (tertiary/aromatic N) is 5. The maximum Gasteiger partial charge on any atom is 0.254 e. The van der Waals surface area contributed by atoms with Gasteiger partial charge in [-0.2, -0.15) is 0 Å². The highest BCUT2D eigenvalue weighted by molar-refractivity contribution is 5.97. The Bertz CT molecular complexity index is 890. The normalized spacial score (nSPS) is 15.7. The van der Waals surface area contributed by atoms with Crippen molar-refractivity contribution in [2.45, 2.75) is 19.9 Å². The molecule has 4 rings (SSSR count). The second-order valence-corrected chi connectivity index (χ2v) is 6.66. The number of aromatic nitrogens is 4. The van der Waals surface area contributed by atoms with Gasteiger partial charge in [-0.25, -0.2) is 9.97 Å². The average Bonchev–Trinajstić information content (AvgIpc) is 3.34. The summed E-state index contributed by atoms with van der Waals surface area (Å²) in [4.78, 5) is 28.8.